The van der Waals surface area contributed by atoms with E-state index in [4.69, 9.17) is 14.2 Å². The molecule has 29 heavy (non-hydrogen) atoms. The molecule has 1 amide bonds. The molecule has 1 aromatic heterocycles. The SMILES string of the molecule is O=C([C@H]1CCCOC1)N1CC2=C(C1)CN(S(=O)(=O)c1cnc3c(c1)OCCO3)C2. The van der Waals surface area contributed by atoms with Gasteiger partial charge in [0.05, 0.1) is 18.7 Å². The summed E-state index contributed by atoms with van der Waals surface area (Å²) in [5.41, 5.74) is 2.04. The Hall–Kier alpha value is -2.17. The molecule has 5 heterocycles. The monoisotopic (exact) mass is 421 g/mol. The van der Waals surface area contributed by atoms with Gasteiger partial charge in [-0.25, -0.2) is 13.4 Å². The van der Waals surface area contributed by atoms with Gasteiger partial charge in [-0.1, -0.05) is 0 Å². The van der Waals surface area contributed by atoms with Crippen molar-refractivity contribution in [2.45, 2.75) is 17.7 Å². The standard InChI is InChI=1S/C19H23N3O6S/c23-19(13-2-1-3-26-12-13)21-8-14-10-22(11-15(14)9-21)29(24,25)16-6-17-18(20-7-16)28-5-4-27-17/h6-7,13H,1-5,8-12H2/t13-/m0/s1. The lowest BCUT2D eigenvalue weighted by atomic mass is 10.0. The lowest BCUT2D eigenvalue weighted by Crippen LogP contribution is -2.41. The van der Waals surface area contributed by atoms with Crippen molar-refractivity contribution in [2.24, 2.45) is 5.92 Å². The summed E-state index contributed by atoms with van der Waals surface area (Å²) in [6.07, 6.45) is 3.08. The van der Waals surface area contributed by atoms with Gasteiger partial charge >= 0.3 is 0 Å². The van der Waals surface area contributed by atoms with Gasteiger partial charge in [0, 0.05) is 38.9 Å². The molecule has 1 atom stereocenters. The summed E-state index contributed by atoms with van der Waals surface area (Å²) < 4.78 is 43.9. The van der Waals surface area contributed by atoms with Crippen LogP contribution in [0.15, 0.2) is 28.3 Å². The molecule has 0 radical (unpaired) electrons. The quantitative estimate of drug-likeness (QED) is 0.653. The molecule has 1 fully saturated rings. The van der Waals surface area contributed by atoms with Gasteiger partial charge in [-0.2, -0.15) is 4.31 Å². The zero-order valence-corrected chi connectivity index (χ0v) is 16.8. The Morgan fingerprint density at radius 3 is 2.55 bits per heavy atom. The Kier molecular flexibility index (Phi) is 4.72. The molecule has 0 N–H and O–H groups in total. The minimum absolute atomic E-state index is 0.0765. The first-order valence-electron chi connectivity index (χ1n) is 9.84. The molecule has 4 aliphatic heterocycles. The minimum Gasteiger partial charge on any atom is -0.484 e. The molecule has 1 aromatic rings. The topological polar surface area (TPSA) is 98.3 Å². The van der Waals surface area contributed by atoms with E-state index in [0.29, 0.717) is 57.6 Å². The minimum atomic E-state index is -3.70. The molecule has 0 bridgehead atoms. The van der Waals surface area contributed by atoms with E-state index in [0.717, 1.165) is 30.6 Å². The van der Waals surface area contributed by atoms with Crippen LogP contribution in [0.4, 0.5) is 0 Å². The number of ether oxygens (including phenoxy) is 3. The Labute approximate surface area is 169 Å². The summed E-state index contributed by atoms with van der Waals surface area (Å²) in [6.45, 7) is 3.57. The Morgan fingerprint density at radius 2 is 1.83 bits per heavy atom. The number of hydrogen-bond acceptors (Lipinski definition) is 7. The van der Waals surface area contributed by atoms with Crippen LogP contribution in [0.1, 0.15) is 12.8 Å². The molecular formula is C19H23N3O6S. The number of amides is 1. The summed E-state index contributed by atoms with van der Waals surface area (Å²) in [5.74, 6) is 0.707. The van der Waals surface area contributed by atoms with E-state index in [1.54, 1.807) is 0 Å². The zero-order valence-electron chi connectivity index (χ0n) is 16.0. The first kappa shape index (κ1) is 18.8. The van der Waals surface area contributed by atoms with E-state index >= 15 is 0 Å². The maximum atomic E-state index is 13.1. The summed E-state index contributed by atoms with van der Waals surface area (Å²) in [5, 5.41) is 0. The highest BCUT2D eigenvalue weighted by Gasteiger charge is 2.39. The molecule has 0 aromatic carbocycles. The van der Waals surface area contributed by atoms with Gasteiger partial charge in [0.1, 0.15) is 18.1 Å². The average molecular weight is 421 g/mol. The van der Waals surface area contributed by atoms with Crippen LogP contribution in [0.3, 0.4) is 0 Å². The van der Waals surface area contributed by atoms with E-state index in [-0.39, 0.29) is 16.7 Å². The van der Waals surface area contributed by atoms with Crippen molar-refractivity contribution in [1.29, 1.82) is 0 Å². The predicted molar refractivity (Wildman–Crippen MR) is 101 cm³/mol. The highest BCUT2D eigenvalue weighted by molar-refractivity contribution is 7.89. The van der Waals surface area contributed by atoms with Crippen molar-refractivity contribution in [3.05, 3.63) is 23.4 Å². The second kappa shape index (κ2) is 7.26. The molecule has 1 saturated heterocycles. The molecule has 156 valence electrons. The average Bonchev–Trinajstić information content (AvgIpc) is 3.33. The van der Waals surface area contributed by atoms with Crippen LogP contribution in [0.5, 0.6) is 11.6 Å². The fourth-order valence-electron chi connectivity index (χ4n) is 4.27. The van der Waals surface area contributed by atoms with Crippen LogP contribution >= 0.6 is 0 Å². The van der Waals surface area contributed by atoms with Crippen LogP contribution in [-0.2, 0) is 19.6 Å². The third-order valence-electron chi connectivity index (χ3n) is 5.83. The predicted octanol–water partition coefficient (Wildman–Crippen LogP) is 0.423. The van der Waals surface area contributed by atoms with Crippen molar-refractivity contribution < 1.29 is 27.4 Å². The van der Waals surface area contributed by atoms with Crippen LogP contribution in [0.2, 0.25) is 0 Å². The van der Waals surface area contributed by atoms with Crippen molar-refractivity contribution in [3.63, 3.8) is 0 Å². The lowest BCUT2D eigenvalue weighted by Gasteiger charge is -2.28. The summed E-state index contributed by atoms with van der Waals surface area (Å²) in [6, 6.07) is 1.47. The number of fused-ring (bicyclic) bond motifs is 1. The molecule has 0 saturated carbocycles. The Balaban J connectivity index is 1.26. The third-order valence-corrected chi connectivity index (χ3v) is 7.59. The number of aromatic nitrogens is 1. The molecule has 4 aliphatic rings. The second-order valence-corrected chi connectivity index (χ2v) is 9.70. The van der Waals surface area contributed by atoms with Crippen LogP contribution in [0, 0.1) is 5.92 Å². The molecule has 0 aliphatic carbocycles. The number of carbonyl (C=O) groups excluding carboxylic acids is 1. The molecule has 9 nitrogen and oxygen atoms in total. The maximum Gasteiger partial charge on any atom is 0.257 e. The fraction of sp³-hybridized carbons (Fsp3) is 0.579. The Bertz CT molecular complexity index is 952. The van der Waals surface area contributed by atoms with Gasteiger partial charge in [0.25, 0.3) is 5.88 Å². The van der Waals surface area contributed by atoms with E-state index in [1.165, 1.54) is 16.6 Å². The van der Waals surface area contributed by atoms with Gasteiger partial charge in [-0.05, 0) is 24.0 Å². The summed E-state index contributed by atoms with van der Waals surface area (Å²) in [4.78, 5) is 18.7. The largest absolute Gasteiger partial charge is 0.484 e. The van der Waals surface area contributed by atoms with Crippen LogP contribution in [-0.4, -0.2) is 81.1 Å². The van der Waals surface area contributed by atoms with Crippen molar-refractivity contribution >= 4 is 15.9 Å². The number of nitrogens with zero attached hydrogens (tertiary/aromatic N) is 3. The van der Waals surface area contributed by atoms with Crippen molar-refractivity contribution in [2.75, 3.05) is 52.6 Å². The maximum absolute atomic E-state index is 13.1. The molecule has 0 spiro atoms. The number of rotatable bonds is 3. The lowest BCUT2D eigenvalue weighted by molar-refractivity contribution is -0.138. The first-order valence-corrected chi connectivity index (χ1v) is 11.3. The molecule has 5 rings (SSSR count). The van der Waals surface area contributed by atoms with E-state index in [9.17, 15) is 13.2 Å². The molecule has 0 unspecified atom stereocenters. The van der Waals surface area contributed by atoms with E-state index in [1.807, 2.05) is 4.90 Å². The number of hydrogen-bond donors (Lipinski definition) is 0. The summed E-state index contributed by atoms with van der Waals surface area (Å²) in [7, 11) is -3.70. The Morgan fingerprint density at radius 1 is 1.07 bits per heavy atom. The van der Waals surface area contributed by atoms with Gasteiger partial charge in [0.2, 0.25) is 15.9 Å². The molecular weight excluding hydrogens is 398 g/mol. The normalized spacial score (nSPS) is 24.7. The first-order chi connectivity index (χ1) is 14.0. The third kappa shape index (κ3) is 3.38. The highest BCUT2D eigenvalue weighted by atomic mass is 32.2. The number of pyridine rings is 1. The number of carbonyl (C=O) groups is 1. The molecule has 10 heteroatoms. The van der Waals surface area contributed by atoms with Crippen LogP contribution in [0.25, 0.3) is 0 Å². The van der Waals surface area contributed by atoms with Crippen LogP contribution < -0.4 is 9.47 Å². The van der Waals surface area contributed by atoms with Gasteiger partial charge in [0.15, 0.2) is 5.75 Å². The number of sulfonamides is 1. The summed E-state index contributed by atoms with van der Waals surface area (Å²) >= 11 is 0. The zero-order chi connectivity index (χ0) is 20.0. The van der Waals surface area contributed by atoms with E-state index < -0.39 is 10.0 Å². The van der Waals surface area contributed by atoms with Crippen molar-refractivity contribution in [1.82, 2.24) is 14.2 Å². The highest BCUT2D eigenvalue weighted by Crippen LogP contribution is 2.34. The van der Waals surface area contributed by atoms with Gasteiger partial charge in [-0.15, -0.1) is 0 Å². The smallest absolute Gasteiger partial charge is 0.257 e. The van der Waals surface area contributed by atoms with Gasteiger partial charge in [-0.3, -0.25) is 4.79 Å². The van der Waals surface area contributed by atoms with E-state index in [2.05, 4.69) is 4.98 Å². The second-order valence-electron chi connectivity index (χ2n) is 7.76. The van der Waals surface area contributed by atoms with Gasteiger partial charge < -0.3 is 19.1 Å². The fourth-order valence-corrected chi connectivity index (χ4v) is 5.66. The van der Waals surface area contributed by atoms with Crippen molar-refractivity contribution in [3.8, 4) is 11.6 Å².